The number of hydrogen-bond acceptors (Lipinski definition) is 3. The van der Waals surface area contributed by atoms with E-state index in [0.29, 0.717) is 32.5 Å². The van der Waals surface area contributed by atoms with Gasteiger partial charge in [-0.2, -0.15) is 0 Å². The molecule has 0 saturated carbocycles. The molecule has 2 amide bonds. The lowest BCUT2D eigenvalue weighted by molar-refractivity contribution is -0.175. The molecule has 0 spiro atoms. The minimum Gasteiger partial charge on any atom is -0.342 e. The molecular formula is C18H24N2O3. The number of rotatable bonds is 5. The van der Waals surface area contributed by atoms with Crippen LogP contribution in [0, 0.1) is 5.92 Å². The van der Waals surface area contributed by atoms with Gasteiger partial charge in [0, 0.05) is 19.5 Å². The monoisotopic (exact) mass is 316 g/mol. The van der Waals surface area contributed by atoms with Crippen molar-refractivity contribution in [1.29, 1.82) is 0 Å². The second kappa shape index (κ2) is 7.59. The smallest absolute Gasteiger partial charge is 0.251 e. The van der Waals surface area contributed by atoms with Crippen molar-refractivity contribution in [1.82, 2.24) is 9.96 Å². The van der Waals surface area contributed by atoms with Gasteiger partial charge < -0.3 is 4.90 Å². The Morgan fingerprint density at radius 2 is 2.09 bits per heavy atom. The SMILES string of the molecule is O=C1CC[C@@H](C(=O)N2CCCO2)CN1CCCc1ccccc1. The number of aryl methyl sites for hydroxylation is 1. The molecule has 2 saturated heterocycles. The average molecular weight is 316 g/mol. The van der Waals surface area contributed by atoms with Crippen molar-refractivity contribution in [3.05, 3.63) is 35.9 Å². The maximum atomic E-state index is 12.4. The van der Waals surface area contributed by atoms with Crippen LogP contribution in [0.5, 0.6) is 0 Å². The van der Waals surface area contributed by atoms with E-state index in [1.807, 2.05) is 23.1 Å². The summed E-state index contributed by atoms with van der Waals surface area (Å²) in [7, 11) is 0. The molecule has 5 heteroatoms. The molecule has 2 aliphatic rings. The van der Waals surface area contributed by atoms with E-state index in [2.05, 4.69) is 12.1 Å². The quantitative estimate of drug-likeness (QED) is 0.835. The number of piperidine rings is 1. The molecule has 0 N–H and O–H groups in total. The van der Waals surface area contributed by atoms with Gasteiger partial charge in [-0.15, -0.1) is 0 Å². The van der Waals surface area contributed by atoms with Gasteiger partial charge in [0.15, 0.2) is 0 Å². The lowest BCUT2D eigenvalue weighted by atomic mass is 9.96. The molecule has 23 heavy (non-hydrogen) atoms. The number of likely N-dealkylation sites (tertiary alicyclic amines) is 1. The van der Waals surface area contributed by atoms with E-state index in [-0.39, 0.29) is 17.7 Å². The van der Waals surface area contributed by atoms with Crippen molar-refractivity contribution in [3.8, 4) is 0 Å². The Bertz CT molecular complexity index is 540. The lowest BCUT2D eigenvalue weighted by Crippen LogP contribution is -2.46. The molecule has 1 atom stereocenters. The summed E-state index contributed by atoms with van der Waals surface area (Å²) in [4.78, 5) is 31.7. The third-order valence-electron chi connectivity index (χ3n) is 4.58. The molecule has 3 rings (SSSR count). The average Bonchev–Trinajstić information content (AvgIpc) is 3.11. The molecule has 1 aromatic carbocycles. The summed E-state index contributed by atoms with van der Waals surface area (Å²) < 4.78 is 0. The summed E-state index contributed by atoms with van der Waals surface area (Å²) in [5, 5.41) is 1.49. The van der Waals surface area contributed by atoms with Crippen LogP contribution in [0.2, 0.25) is 0 Å². The fraction of sp³-hybridized carbons (Fsp3) is 0.556. The highest BCUT2D eigenvalue weighted by atomic mass is 16.7. The Morgan fingerprint density at radius 3 is 2.83 bits per heavy atom. The van der Waals surface area contributed by atoms with Crippen LogP contribution in [-0.2, 0) is 20.8 Å². The van der Waals surface area contributed by atoms with Crippen molar-refractivity contribution in [2.24, 2.45) is 5.92 Å². The van der Waals surface area contributed by atoms with Crippen LogP contribution >= 0.6 is 0 Å². The van der Waals surface area contributed by atoms with E-state index in [0.717, 1.165) is 25.8 Å². The van der Waals surface area contributed by atoms with Gasteiger partial charge in [-0.25, -0.2) is 5.06 Å². The van der Waals surface area contributed by atoms with Crippen molar-refractivity contribution in [2.45, 2.75) is 32.1 Å². The molecule has 0 aromatic heterocycles. The van der Waals surface area contributed by atoms with Gasteiger partial charge >= 0.3 is 0 Å². The fourth-order valence-corrected chi connectivity index (χ4v) is 3.28. The summed E-state index contributed by atoms with van der Waals surface area (Å²) in [5.41, 5.74) is 1.29. The zero-order valence-electron chi connectivity index (χ0n) is 13.4. The minimum absolute atomic E-state index is 0.0445. The maximum Gasteiger partial charge on any atom is 0.251 e. The van der Waals surface area contributed by atoms with E-state index >= 15 is 0 Å². The summed E-state index contributed by atoms with van der Waals surface area (Å²) >= 11 is 0. The predicted molar refractivity (Wildman–Crippen MR) is 86.3 cm³/mol. The standard InChI is InChI=1S/C18H24N2O3/c21-17-10-9-16(18(22)20-12-5-13-23-20)14-19(17)11-4-8-15-6-2-1-3-7-15/h1-3,6-7,16H,4-5,8-14H2/t16-/m1/s1. The molecule has 124 valence electrons. The van der Waals surface area contributed by atoms with Crippen molar-refractivity contribution >= 4 is 11.8 Å². The molecule has 0 bridgehead atoms. The third-order valence-corrected chi connectivity index (χ3v) is 4.58. The number of nitrogens with zero attached hydrogens (tertiary/aromatic N) is 2. The van der Waals surface area contributed by atoms with E-state index < -0.39 is 0 Å². The molecule has 2 heterocycles. The maximum absolute atomic E-state index is 12.4. The van der Waals surface area contributed by atoms with Crippen LogP contribution in [0.25, 0.3) is 0 Å². The van der Waals surface area contributed by atoms with Gasteiger partial charge in [0.1, 0.15) is 0 Å². The Kier molecular flexibility index (Phi) is 5.28. The third kappa shape index (κ3) is 4.10. The van der Waals surface area contributed by atoms with Gasteiger partial charge in [0.05, 0.1) is 19.1 Å². The van der Waals surface area contributed by atoms with E-state index in [9.17, 15) is 9.59 Å². The van der Waals surface area contributed by atoms with E-state index in [1.54, 1.807) is 0 Å². The van der Waals surface area contributed by atoms with Crippen LogP contribution in [0.3, 0.4) is 0 Å². The van der Waals surface area contributed by atoms with E-state index in [1.165, 1.54) is 10.6 Å². The number of carbonyl (C=O) groups excluding carboxylic acids is 2. The summed E-state index contributed by atoms with van der Waals surface area (Å²) in [5.74, 6) is 0.107. The Labute approximate surface area is 137 Å². The highest BCUT2D eigenvalue weighted by Gasteiger charge is 2.34. The summed E-state index contributed by atoms with van der Waals surface area (Å²) in [6.45, 7) is 2.56. The topological polar surface area (TPSA) is 49.9 Å². The lowest BCUT2D eigenvalue weighted by Gasteiger charge is -2.33. The number of hydroxylamine groups is 2. The first kappa shape index (κ1) is 16.0. The van der Waals surface area contributed by atoms with Crippen LogP contribution in [0.1, 0.15) is 31.2 Å². The molecule has 5 nitrogen and oxygen atoms in total. The van der Waals surface area contributed by atoms with Crippen molar-refractivity contribution in [3.63, 3.8) is 0 Å². The first-order valence-corrected chi connectivity index (χ1v) is 8.50. The minimum atomic E-state index is -0.109. The molecule has 1 aromatic rings. The zero-order valence-corrected chi connectivity index (χ0v) is 13.4. The molecular weight excluding hydrogens is 292 g/mol. The summed E-state index contributed by atoms with van der Waals surface area (Å²) in [6.07, 6.45) is 3.90. The van der Waals surface area contributed by atoms with Gasteiger partial charge in [0.2, 0.25) is 5.91 Å². The second-order valence-corrected chi connectivity index (χ2v) is 6.29. The Balaban J connectivity index is 1.49. The first-order chi connectivity index (χ1) is 11.2. The van der Waals surface area contributed by atoms with Crippen LogP contribution in [0.15, 0.2) is 30.3 Å². The largest absolute Gasteiger partial charge is 0.342 e. The molecule has 2 aliphatic heterocycles. The Hall–Kier alpha value is -1.88. The normalized spacial score (nSPS) is 21.7. The number of benzene rings is 1. The van der Waals surface area contributed by atoms with Crippen molar-refractivity contribution < 1.29 is 14.4 Å². The number of carbonyl (C=O) groups is 2. The van der Waals surface area contributed by atoms with Crippen molar-refractivity contribution in [2.75, 3.05) is 26.2 Å². The van der Waals surface area contributed by atoms with Gasteiger partial charge in [-0.3, -0.25) is 14.4 Å². The van der Waals surface area contributed by atoms with Crippen LogP contribution in [-0.4, -0.2) is 48.0 Å². The zero-order chi connectivity index (χ0) is 16.1. The van der Waals surface area contributed by atoms with Gasteiger partial charge in [-0.05, 0) is 31.2 Å². The Morgan fingerprint density at radius 1 is 1.26 bits per heavy atom. The fourth-order valence-electron chi connectivity index (χ4n) is 3.28. The molecule has 0 radical (unpaired) electrons. The van der Waals surface area contributed by atoms with E-state index in [4.69, 9.17) is 4.84 Å². The summed E-state index contributed by atoms with van der Waals surface area (Å²) in [6, 6.07) is 10.3. The number of amides is 2. The molecule has 0 aliphatic carbocycles. The molecule has 0 unspecified atom stereocenters. The molecule has 2 fully saturated rings. The van der Waals surface area contributed by atoms with Crippen LogP contribution < -0.4 is 0 Å². The predicted octanol–water partition coefficient (Wildman–Crippen LogP) is 2.02. The first-order valence-electron chi connectivity index (χ1n) is 8.50. The van der Waals surface area contributed by atoms with Gasteiger partial charge in [0.25, 0.3) is 5.91 Å². The highest BCUT2D eigenvalue weighted by Crippen LogP contribution is 2.22. The second-order valence-electron chi connectivity index (χ2n) is 6.29. The highest BCUT2D eigenvalue weighted by molar-refractivity contribution is 5.83. The number of hydrogen-bond donors (Lipinski definition) is 0. The van der Waals surface area contributed by atoms with Crippen LogP contribution in [0.4, 0.5) is 0 Å². The van der Waals surface area contributed by atoms with Gasteiger partial charge in [-0.1, -0.05) is 30.3 Å².